The first-order valence-electron chi connectivity index (χ1n) is 8.59. The Morgan fingerprint density at radius 3 is 2.58 bits per heavy atom. The lowest BCUT2D eigenvalue weighted by Crippen LogP contribution is -2.27. The molecule has 0 radical (unpaired) electrons. The number of hydrogen-bond donors (Lipinski definition) is 2. The fourth-order valence-electron chi connectivity index (χ4n) is 2.81. The van der Waals surface area contributed by atoms with Crippen LogP contribution in [0.3, 0.4) is 0 Å². The minimum atomic E-state index is -0.922. The average molecular weight is 359 g/mol. The number of ether oxygens (including phenoxy) is 1. The quantitative estimate of drug-likeness (QED) is 0.635. The van der Waals surface area contributed by atoms with E-state index in [9.17, 15) is 9.59 Å². The van der Waals surface area contributed by atoms with Gasteiger partial charge in [-0.3, -0.25) is 9.59 Å². The molecule has 1 aromatic heterocycles. The monoisotopic (exact) mass is 359 g/mol. The fraction of sp³-hybridized carbons (Fsp3) is 0.421. The molecule has 0 spiro atoms. The maximum atomic E-state index is 12.2. The van der Waals surface area contributed by atoms with E-state index >= 15 is 0 Å². The second-order valence-corrected chi connectivity index (χ2v) is 6.14. The van der Waals surface area contributed by atoms with Crippen molar-refractivity contribution in [2.75, 3.05) is 13.7 Å². The van der Waals surface area contributed by atoms with E-state index < -0.39 is 5.97 Å². The van der Waals surface area contributed by atoms with Crippen LogP contribution in [0.25, 0.3) is 0 Å². The number of carboxylic acids is 1. The van der Waals surface area contributed by atoms with E-state index in [4.69, 9.17) is 9.84 Å². The van der Waals surface area contributed by atoms with Gasteiger partial charge in [-0.15, -0.1) is 0 Å². The summed E-state index contributed by atoms with van der Waals surface area (Å²) in [6, 6.07) is 7.16. The van der Waals surface area contributed by atoms with Gasteiger partial charge in [-0.1, -0.05) is 12.1 Å². The van der Waals surface area contributed by atoms with Gasteiger partial charge in [-0.05, 0) is 31.0 Å². The predicted octanol–water partition coefficient (Wildman–Crippen LogP) is 2.36. The standard InChI is InChI=1S/C19H25N3O4/c1-14-20-9-11-22(14)10-3-8-21-18(23)12-16(13-19(24)25)15-4-6-17(26-2)7-5-15/h4-7,9,11,16H,3,8,10,12-13H2,1-2H3,(H,21,23)(H,24,25). The van der Waals surface area contributed by atoms with Crippen LogP contribution >= 0.6 is 0 Å². The molecular formula is C19H25N3O4. The molecule has 2 rings (SSSR count). The second kappa shape index (κ2) is 9.60. The van der Waals surface area contributed by atoms with Crippen molar-refractivity contribution in [1.82, 2.24) is 14.9 Å². The average Bonchev–Trinajstić information content (AvgIpc) is 3.03. The molecule has 1 aromatic carbocycles. The second-order valence-electron chi connectivity index (χ2n) is 6.14. The number of aromatic nitrogens is 2. The summed E-state index contributed by atoms with van der Waals surface area (Å²) in [7, 11) is 1.57. The Bertz CT molecular complexity index is 725. The van der Waals surface area contributed by atoms with E-state index in [0.29, 0.717) is 12.3 Å². The van der Waals surface area contributed by atoms with Gasteiger partial charge in [0.1, 0.15) is 11.6 Å². The lowest BCUT2D eigenvalue weighted by Gasteiger charge is -2.16. The van der Waals surface area contributed by atoms with Crippen LogP contribution in [0.4, 0.5) is 0 Å². The molecular weight excluding hydrogens is 334 g/mol. The molecule has 0 aliphatic heterocycles. The summed E-state index contributed by atoms with van der Waals surface area (Å²) in [6.07, 6.45) is 4.49. The lowest BCUT2D eigenvalue weighted by molar-refractivity contribution is -0.137. The maximum Gasteiger partial charge on any atom is 0.303 e. The Kier molecular flexibility index (Phi) is 7.20. The molecule has 0 aliphatic rings. The Labute approximate surface area is 153 Å². The van der Waals surface area contributed by atoms with Gasteiger partial charge in [0, 0.05) is 37.8 Å². The third-order valence-corrected chi connectivity index (χ3v) is 4.26. The molecule has 0 bridgehead atoms. The predicted molar refractivity (Wildman–Crippen MR) is 97.2 cm³/mol. The summed E-state index contributed by atoms with van der Waals surface area (Å²) in [5.41, 5.74) is 0.817. The highest BCUT2D eigenvalue weighted by atomic mass is 16.5. The molecule has 2 aromatic rings. The number of nitrogens with one attached hydrogen (secondary N) is 1. The topological polar surface area (TPSA) is 93.5 Å². The van der Waals surface area contributed by atoms with Crippen molar-refractivity contribution in [3.63, 3.8) is 0 Å². The highest BCUT2D eigenvalue weighted by Gasteiger charge is 2.19. The van der Waals surface area contributed by atoms with Crippen LogP contribution in [0.2, 0.25) is 0 Å². The van der Waals surface area contributed by atoms with Crippen molar-refractivity contribution in [2.24, 2.45) is 0 Å². The largest absolute Gasteiger partial charge is 0.497 e. The fourth-order valence-corrected chi connectivity index (χ4v) is 2.81. The molecule has 0 saturated heterocycles. The number of aryl methyl sites for hydroxylation is 2. The van der Waals surface area contributed by atoms with E-state index in [0.717, 1.165) is 24.4 Å². The first-order valence-corrected chi connectivity index (χ1v) is 8.59. The van der Waals surface area contributed by atoms with Gasteiger partial charge < -0.3 is 19.7 Å². The van der Waals surface area contributed by atoms with Crippen LogP contribution in [0, 0.1) is 6.92 Å². The molecule has 140 valence electrons. The molecule has 7 heteroatoms. The van der Waals surface area contributed by atoms with Gasteiger partial charge in [-0.2, -0.15) is 0 Å². The van der Waals surface area contributed by atoms with Gasteiger partial charge in [0.05, 0.1) is 13.5 Å². The summed E-state index contributed by atoms with van der Waals surface area (Å²) in [6.45, 7) is 3.26. The van der Waals surface area contributed by atoms with Crippen molar-refractivity contribution in [2.45, 2.75) is 38.6 Å². The minimum Gasteiger partial charge on any atom is -0.497 e. The SMILES string of the molecule is COc1ccc(C(CC(=O)O)CC(=O)NCCCn2ccnc2C)cc1. The van der Waals surface area contributed by atoms with E-state index in [-0.39, 0.29) is 24.7 Å². The van der Waals surface area contributed by atoms with Crippen LogP contribution in [0.15, 0.2) is 36.7 Å². The third kappa shape index (κ3) is 5.91. The highest BCUT2D eigenvalue weighted by molar-refractivity contribution is 5.78. The van der Waals surface area contributed by atoms with E-state index in [2.05, 4.69) is 10.3 Å². The number of amides is 1. The lowest BCUT2D eigenvalue weighted by atomic mass is 9.92. The van der Waals surface area contributed by atoms with Gasteiger partial charge in [-0.25, -0.2) is 4.98 Å². The van der Waals surface area contributed by atoms with Gasteiger partial charge in [0.25, 0.3) is 0 Å². The van der Waals surface area contributed by atoms with Crippen LogP contribution in [-0.2, 0) is 16.1 Å². The van der Waals surface area contributed by atoms with Crippen molar-refractivity contribution in [1.29, 1.82) is 0 Å². The zero-order valence-electron chi connectivity index (χ0n) is 15.1. The zero-order chi connectivity index (χ0) is 18.9. The van der Waals surface area contributed by atoms with Gasteiger partial charge >= 0.3 is 5.97 Å². The molecule has 0 aliphatic carbocycles. The molecule has 0 fully saturated rings. The Balaban J connectivity index is 1.85. The smallest absolute Gasteiger partial charge is 0.303 e. The molecule has 0 saturated carbocycles. The molecule has 1 amide bonds. The molecule has 2 N–H and O–H groups in total. The van der Waals surface area contributed by atoms with E-state index in [1.807, 2.05) is 29.8 Å². The van der Waals surface area contributed by atoms with Gasteiger partial charge in [0.15, 0.2) is 0 Å². The molecule has 7 nitrogen and oxygen atoms in total. The molecule has 1 heterocycles. The van der Waals surface area contributed by atoms with Crippen molar-refractivity contribution in [3.05, 3.63) is 48.0 Å². The van der Waals surface area contributed by atoms with E-state index in [1.165, 1.54) is 0 Å². The van der Waals surface area contributed by atoms with Crippen LogP contribution in [0.5, 0.6) is 5.75 Å². The Morgan fingerprint density at radius 2 is 2.00 bits per heavy atom. The highest BCUT2D eigenvalue weighted by Crippen LogP contribution is 2.25. The molecule has 1 atom stereocenters. The number of methoxy groups -OCH3 is 1. The number of aliphatic carboxylic acids is 1. The molecule has 1 unspecified atom stereocenters. The van der Waals surface area contributed by atoms with Crippen LogP contribution < -0.4 is 10.1 Å². The Morgan fingerprint density at radius 1 is 1.27 bits per heavy atom. The summed E-state index contributed by atoms with van der Waals surface area (Å²) >= 11 is 0. The van der Waals surface area contributed by atoms with E-state index in [1.54, 1.807) is 25.4 Å². The summed E-state index contributed by atoms with van der Waals surface area (Å²) in [5, 5.41) is 12.0. The first-order chi connectivity index (χ1) is 12.5. The number of carbonyl (C=O) groups excluding carboxylic acids is 1. The van der Waals surface area contributed by atoms with Crippen LogP contribution in [-0.4, -0.2) is 40.2 Å². The summed E-state index contributed by atoms with van der Waals surface area (Å²) in [4.78, 5) is 27.5. The summed E-state index contributed by atoms with van der Waals surface area (Å²) in [5.74, 6) is 0.206. The number of benzene rings is 1. The summed E-state index contributed by atoms with van der Waals surface area (Å²) < 4.78 is 7.14. The van der Waals surface area contributed by atoms with Crippen molar-refractivity contribution < 1.29 is 19.4 Å². The first kappa shape index (κ1) is 19.5. The van der Waals surface area contributed by atoms with Gasteiger partial charge in [0.2, 0.25) is 5.91 Å². The number of rotatable bonds is 10. The normalized spacial score (nSPS) is 11.8. The Hall–Kier alpha value is -2.83. The van der Waals surface area contributed by atoms with Crippen LogP contribution in [0.1, 0.15) is 36.6 Å². The number of carboxylic acid groups (broad SMARTS) is 1. The number of hydrogen-bond acceptors (Lipinski definition) is 4. The number of carbonyl (C=O) groups is 2. The number of nitrogens with zero attached hydrogens (tertiary/aromatic N) is 2. The zero-order valence-corrected chi connectivity index (χ0v) is 15.1. The molecule has 26 heavy (non-hydrogen) atoms. The number of imidazole rings is 1. The van der Waals surface area contributed by atoms with Crippen molar-refractivity contribution in [3.8, 4) is 5.75 Å². The third-order valence-electron chi connectivity index (χ3n) is 4.26. The maximum absolute atomic E-state index is 12.2. The van der Waals surface area contributed by atoms with Crippen molar-refractivity contribution >= 4 is 11.9 Å². The minimum absolute atomic E-state index is 0.0893.